The molecule has 0 atom stereocenters. The van der Waals surface area contributed by atoms with Crippen molar-refractivity contribution < 1.29 is 14.3 Å². The van der Waals surface area contributed by atoms with Crippen LogP contribution in [0.1, 0.15) is 10.4 Å². The zero-order chi connectivity index (χ0) is 9.30. The monoisotopic (exact) mass is 252 g/mol. The highest BCUT2D eigenvalue weighted by Gasteiger charge is 2.13. The molecule has 0 amide bonds. The first-order chi connectivity index (χ1) is 5.57. The topological polar surface area (TPSA) is 37.3 Å². The minimum absolute atomic E-state index is 0.0479. The van der Waals surface area contributed by atoms with Crippen LogP contribution in [0.4, 0.5) is 4.39 Å². The van der Waals surface area contributed by atoms with E-state index in [2.05, 4.69) is 15.9 Å². The molecule has 1 N–H and O–H groups in total. The maximum Gasteiger partial charge on any atom is 0.159 e. The molecule has 0 fully saturated rings. The van der Waals surface area contributed by atoms with E-state index in [0.29, 0.717) is 6.29 Å². The van der Waals surface area contributed by atoms with E-state index in [1.807, 2.05) is 0 Å². The van der Waals surface area contributed by atoms with Gasteiger partial charge in [-0.1, -0.05) is 11.6 Å². The van der Waals surface area contributed by atoms with Gasteiger partial charge in [0, 0.05) is 0 Å². The lowest BCUT2D eigenvalue weighted by molar-refractivity contribution is 0.112. The molecule has 12 heavy (non-hydrogen) atoms. The number of phenolic OH excluding ortho intramolecular Hbond substituents is 1. The van der Waals surface area contributed by atoms with Crippen molar-refractivity contribution in [3.05, 3.63) is 26.9 Å². The fraction of sp³-hybridized carbons (Fsp3) is 0. The summed E-state index contributed by atoms with van der Waals surface area (Å²) in [6.07, 6.45) is 0.394. The van der Waals surface area contributed by atoms with Gasteiger partial charge >= 0.3 is 0 Å². The van der Waals surface area contributed by atoms with Gasteiger partial charge in [-0.05, 0) is 22.0 Å². The predicted molar refractivity (Wildman–Crippen MR) is 46.2 cm³/mol. The summed E-state index contributed by atoms with van der Waals surface area (Å²) in [4.78, 5) is 10.3. The first-order valence-corrected chi connectivity index (χ1v) is 4.06. The van der Waals surface area contributed by atoms with Crippen LogP contribution in [0.3, 0.4) is 0 Å². The van der Waals surface area contributed by atoms with Crippen LogP contribution in [0.15, 0.2) is 10.5 Å². The average Bonchev–Trinajstić information content (AvgIpc) is 2.08. The van der Waals surface area contributed by atoms with Gasteiger partial charge in [0.1, 0.15) is 5.75 Å². The van der Waals surface area contributed by atoms with Crippen molar-refractivity contribution in [2.24, 2.45) is 0 Å². The van der Waals surface area contributed by atoms with E-state index in [4.69, 9.17) is 16.7 Å². The van der Waals surface area contributed by atoms with Crippen LogP contribution in [0.5, 0.6) is 5.75 Å². The molecule has 1 aromatic carbocycles. The summed E-state index contributed by atoms with van der Waals surface area (Å²) in [5, 5.41) is 8.92. The first-order valence-electron chi connectivity index (χ1n) is 2.89. The molecule has 1 aromatic rings. The third kappa shape index (κ3) is 1.44. The maximum atomic E-state index is 12.9. The number of aromatic hydroxyl groups is 1. The van der Waals surface area contributed by atoms with E-state index < -0.39 is 11.6 Å². The van der Waals surface area contributed by atoms with Crippen molar-refractivity contribution in [2.75, 3.05) is 0 Å². The summed E-state index contributed by atoms with van der Waals surface area (Å²) in [6.45, 7) is 0. The molecule has 0 saturated heterocycles. The van der Waals surface area contributed by atoms with E-state index in [1.54, 1.807) is 0 Å². The van der Waals surface area contributed by atoms with Crippen LogP contribution in [0, 0.1) is 5.82 Å². The van der Waals surface area contributed by atoms with Crippen LogP contribution in [-0.2, 0) is 0 Å². The summed E-state index contributed by atoms with van der Waals surface area (Å²) in [5.41, 5.74) is -0.0479. The van der Waals surface area contributed by atoms with Gasteiger partial charge in [0.2, 0.25) is 0 Å². The van der Waals surface area contributed by atoms with Gasteiger partial charge in [-0.3, -0.25) is 4.79 Å². The van der Waals surface area contributed by atoms with Crippen molar-refractivity contribution in [1.29, 1.82) is 0 Å². The molecule has 0 radical (unpaired) electrons. The quantitative estimate of drug-likeness (QED) is 0.617. The standard InChI is InChI=1S/C7H3BrClFO2/c8-5-6(10)4(9)1-3(2-11)7(5)12/h1-2,12H. The fourth-order valence-corrected chi connectivity index (χ4v) is 1.46. The summed E-state index contributed by atoms with van der Waals surface area (Å²) in [7, 11) is 0. The molecule has 0 aliphatic carbocycles. The van der Waals surface area contributed by atoms with Gasteiger partial charge in [-0.15, -0.1) is 0 Å². The zero-order valence-corrected chi connectivity index (χ0v) is 7.99. The number of halogens is 3. The minimum Gasteiger partial charge on any atom is -0.506 e. The lowest BCUT2D eigenvalue weighted by Gasteiger charge is -2.02. The number of carbonyl (C=O) groups excluding carboxylic acids is 1. The third-order valence-electron chi connectivity index (χ3n) is 1.29. The minimum atomic E-state index is -0.778. The second kappa shape index (κ2) is 3.41. The van der Waals surface area contributed by atoms with Crippen molar-refractivity contribution in [1.82, 2.24) is 0 Å². The Kier molecular flexibility index (Phi) is 2.69. The molecule has 64 valence electrons. The SMILES string of the molecule is O=Cc1cc(Cl)c(F)c(Br)c1O. The fourth-order valence-electron chi connectivity index (χ4n) is 0.694. The largest absolute Gasteiger partial charge is 0.506 e. The number of phenols is 1. The Morgan fingerprint density at radius 2 is 2.25 bits per heavy atom. The molecule has 1 rings (SSSR count). The Morgan fingerprint density at radius 3 is 2.75 bits per heavy atom. The van der Waals surface area contributed by atoms with Gasteiger partial charge in [-0.25, -0.2) is 4.39 Å². The van der Waals surface area contributed by atoms with Crippen LogP contribution >= 0.6 is 27.5 Å². The lowest BCUT2D eigenvalue weighted by atomic mass is 10.2. The number of hydrogen-bond acceptors (Lipinski definition) is 2. The molecule has 0 spiro atoms. The lowest BCUT2D eigenvalue weighted by Crippen LogP contribution is -1.87. The number of aldehydes is 1. The average molecular weight is 253 g/mol. The maximum absolute atomic E-state index is 12.9. The Morgan fingerprint density at radius 1 is 1.67 bits per heavy atom. The summed E-state index contributed by atoms with van der Waals surface area (Å²) in [5.74, 6) is -1.22. The highest BCUT2D eigenvalue weighted by atomic mass is 79.9. The zero-order valence-electron chi connectivity index (χ0n) is 5.64. The number of carbonyl (C=O) groups is 1. The molecular weight excluding hydrogens is 250 g/mol. The van der Waals surface area contributed by atoms with E-state index >= 15 is 0 Å². The van der Waals surface area contributed by atoms with Crippen LogP contribution < -0.4 is 0 Å². The molecule has 0 aromatic heterocycles. The van der Waals surface area contributed by atoms with Gasteiger partial charge in [0.15, 0.2) is 12.1 Å². The Balaban J connectivity index is 3.49. The van der Waals surface area contributed by atoms with Gasteiger partial charge < -0.3 is 5.11 Å². The predicted octanol–water partition coefficient (Wildman–Crippen LogP) is 2.76. The van der Waals surface area contributed by atoms with Gasteiger partial charge in [0.25, 0.3) is 0 Å². The second-order valence-electron chi connectivity index (χ2n) is 2.04. The molecule has 5 heteroatoms. The van der Waals surface area contributed by atoms with Crippen molar-refractivity contribution in [3.8, 4) is 5.75 Å². The summed E-state index contributed by atoms with van der Waals surface area (Å²) < 4.78 is 12.7. The van der Waals surface area contributed by atoms with E-state index in [9.17, 15) is 9.18 Å². The van der Waals surface area contributed by atoms with E-state index in [0.717, 1.165) is 6.07 Å². The van der Waals surface area contributed by atoms with Crippen LogP contribution in [0.2, 0.25) is 5.02 Å². The molecule has 0 heterocycles. The van der Waals surface area contributed by atoms with E-state index in [-0.39, 0.29) is 15.1 Å². The van der Waals surface area contributed by atoms with E-state index in [1.165, 1.54) is 0 Å². The molecule has 0 saturated carbocycles. The Bertz CT molecular complexity index is 341. The van der Waals surface area contributed by atoms with Gasteiger partial charge in [-0.2, -0.15) is 0 Å². The van der Waals surface area contributed by atoms with Crippen molar-refractivity contribution in [2.45, 2.75) is 0 Å². The molecule has 0 unspecified atom stereocenters. The first kappa shape index (κ1) is 9.48. The molecule has 2 nitrogen and oxygen atoms in total. The second-order valence-corrected chi connectivity index (χ2v) is 3.24. The van der Waals surface area contributed by atoms with Crippen molar-refractivity contribution >= 4 is 33.8 Å². The number of hydrogen-bond donors (Lipinski definition) is 1. The molecule has 0 aliphatic heterocycles. The third-order valence-corrected chi connectivity index (χ3v) is 2.29. The Labute approximate surface area is 81.1 Å². The molecular formula is C7H3BrClFO2. The molecule has 0 bridgehead atoms. The van der Waals surface area contributed by atoms with Crippen molar-refractivity contribution in [3.63, 3.8) is 0 Å². The highest BCUT2D eigenvalue weighted by Crippen LogP contribution is 2.33. The molecule has 0 aliphatic rings. The number of benzene rings is 1. The Hall–Kier alpha value is -0.610. The normalized spacial score (nSPS) is 9.92. The summed E-state index contributed by atoms with van der Waals surface area (Å²) >= 11 is 8.15. The highest BCUT2D eigenvalue weighted by molar-refractivity contribution is 9.10. The van der Waals surface area contributed by atoms with Crippen LogP contribution in [0.25, 0.3) is 0 Å². The van der Waals surface area contributed by atoms with Gasteiger partial charge in [0.05, 0.1) is 15.1 Å². The van der Waals surface area contributed by atoms with Crippen LogP contribution in [-0.4, -0.2) is 11.4 Å². The summed E-state index contributed by atoms with van der Waals surface area (Å²) in [6, 6.07) is 1.06. The smallest absolute Gasteiger partial charge is 0.159 e. The number of rotatable bonds is 1.